The fraction of sp³-hybridized carbons (Fsp3) is 0.133. The number of carbonyl (C=O) groups excluding carboxylic acids is 1. The highest BCUT2D eigenvalue weighted by Crippen LogP contribution is 2.45. The van der Waals surface area contributed by atoms with E-state index in [4.69, 9.17) is 9.47 Å². The van der Waals surface area contributed by atoms with Crippen LogP contribution in [0.15, 0.2) is 97.6 Å². The number of ether oxygens (including phenoxy) is 2. The molecule has 0 spiro atoms. The van der Waals surface area contributed by atoms with Crippen LogP contribution in [-0.2, 0) is 11.8 Å². The van der Waals surface area contributed by atoms with Gasteiger partial charge in [0.2, 0.25) is 0 Å². The van der Waals surface area contributed by atoms with Gasteiger partial charge in [-0.1, -0.05) is 61.2 Å². The minimum atomic E-state index is -0.584. The number of nitrogens with zero attached hydrogens (tertiary/aromatic N) is 2. The Balaban J connectivity index is 1.70. The summed E-state index contributed by atoms with van der Waals surface area (Å²) in [6.07, 6.45) is 6.02. The molecule has 1 aromatic heterocycles. The van der Waals surface area contributed by atoms with Crippen molar-refractivity contribution in [3.8, 4) is 11.5 Å². The lowest BCUT2D eigenvalue weighted by molar-refractivity contribution is 0.0950. The molecule has 1 aliphatic carbocycles. The third kappa shape index (κ3) is 4.07. The maximum absolute atomic E-state index is 12.9. The largest absolute Gasteiger partial charge is 0.497 e. The normalized spacial score (nSPS) is 13.5. The molecule has 0 saturated heterocycles. The predicted octanol–water partition coefficient (Wildman–Crippen LogP) is 6.03. The molecule has 0 aliphatic heterocycles. The number of methoxy groups -OCH3 is 2. The standard InChI is InChI=1S/C30H27N3O3/c1-4-28(34)33-27-20-30(21-10-8-14-24(18-21)35-2,22-11-9-15-25(19-22)36-3)17-16-26(27)29(32-33)31-23-12-6-5-7-13-23/h4-19H,1,20H2,2-3H3,(H,31,32). The monoisotopic (exact) mass is 477 g/mol. The number of benzene rings is 3. The zero-order valence-electron chi connectivity index (χ0n) is 20.3. The molecule has 0 unspecified atom stereocenters. The summed E-state index contributed by atoms with van der Waals surface area (Å²) < 4.78 is 12.5. The second kappa shape index (κ2) is 9.58. The molecule has 4 aromatic rings. The summed E-state index contributed by atoms with van der Waals surface area (Å²) in [6.45, 7) is 3.70. The Hall–Kier alpha value is -4.58. The number of hydrogen-bond donors (Lipinski definition) is 1. The first kappa shape index (κ1) is 23.2. The lowest BCUT2D eigenvalue weighted by Gasteiger charge is -2.35. The van der Waals surface area contributed by atoms with Crippen LogP contribution in [0, 0.1) is 0 Å². The molecule has 0 atom stereocenters. The van der Waals surface area contributed by atoms with Crippen LogP contribution in [0.4, 0.5) is 11.5 Å². The molecule has 0 saturated carbocycles. The van der Waals surface area contributed by atoms with Gasteiger partial charge in [-0.05, 0) is 53.6 Å². The summed E-state index contributed by atoms with van der Waals surface area (Å²) in [5.74, 6) is 1.85. The molecule has 6 nitrogen and oxygen atoms in total. The molecule has 0 fully saturated rings. The van der Waals surface area contributed by atoms with Gasteiger partial charge >= 0.3 is 0 Å². The van der Waals surface area contributed by atoms with E-state index in [2.05, 4.69) is 35.2 Å². The second-order valence-electron chi connectivity index (χ2n) is 8.60. The Morgan fingerprint density at radius 3 is 2.19 bits per heavy atom. The number of fused-ring (bicyclic) bond motifs is 1. The van der Waals surface area contributed by atoms with E-state index in [0.29, 0.717) is 12.2 Å². The number of para-hydroxylation sites is 1. The number of carbonyl (C=O) groups is 1. The first-order valence-corrected chi connectivity index (χ1v) is 11.7. The van der Waals surface area contributed by atoms with Gasteiger partial charge in [-0.15, -0.1) is 5.10 Å². The summed E-state index contributed by atoms with van der Waals surface area (Å²) >= 11 is 0. The molecule has 0 bridgehead atoms. The minimum Gasteiger partial charge on any atom is -0.497 e. The van der Waals surface area contributed by atoms with Crippen LogP contribution in [0.3, 0.4) is 0 Å². The smallest absolute Gasteiger partial charge is 0.270 e. The van der Waals surface area contributed by atoms with Gasteiger partial charge in [0, 0.05) is 23.1 Å². The first-order chi connectivity index (χ1) is 17.6. The van der Waals surface area contributed by atoms with Crippen LogP contribution in [0.2, 0.25) is 0 Å². The third-order valence-corrected chi connectivity index (χ3v) is 6.59. The predicted molar refractivity (Wildman–Crippen MR) is 142 cm³/mol. The van der Waals surface area contributed by atoms with Crippen LogP contribution >= 0.6 is 0 Å². The fourth-order valence-electron chi connectivity index (χ4n) is 4.74. The Morgan fingerprint density at radius 2 is 1.61 bits per heavy atom. The topological polar surface area (TPSA) is 65.4 Å². The first-order valence-electron chi connectivity index (χ1n) is 11.7. The fourth-order valence-corrected chi connectivity index (χ4v) is 4.74. The van der Waals surface area contributed by atoms with Crippen molar-refractivity contribution < 1.29 is 14.3 Å². The highest BCUT2D eigenvalue weighted by Gasteiger charge is 2.39. The van der Waals surface area contributed by atoms with Crippen molar-refractivity contribution in [2.24, 2.45) is 0 Å². The average molecular weight is 478 g/mol. The van der Waals surface area contributed by atoms with E-state index in [1.165, 1.54) is 10.8 Å². The average Bonchev–Trinajstić information content (AvgIpc) is 3.30. The van der Waals surface area contributed by atoms with E-state index in [1.807, 2.05) is 72.8 Å². The molecule has 1 N–H and O–H groups in total. The van der Waals surface area contributed by atoms with Crippen LogP contribution in [0.1, 0.15) is 27.2 Å². The van der Waals surface area contributed by atoms with Crippen molar-refractivity contribution in [1.29, 1.82) is 0 Å². The number of aromatic nitrogens is 2. The maximum Gasteiger partial charge on any atom is 0.270 e. The second-order valence-corrected chi connectivity index (χ2v) is 8.60. The molecule has 180 valence electrons. The Labute approximate surface area is 210 Å². The minimum absolute atomic E-state index is 0.284. The Morgan fingerprint density at radius 1 is 0.972 bits per heavy atom. The van der Waals surface area contributed by atoms with Crippen molar-refractivity contribution in [1.82, 2.24) is 9.78 Å². The lowest BCUT2D eigenvalue weighted by Crippen LogP contribution is -2.32. The van der Waals surface area contributed by atoms with E-state index < -0.39 is 5.41 Å². The van der Waals surface area contributed by atoms with Gasteiger partial charge in [-0.3, -0.25) is 4.79 Å². The van der Waals surface area contributed by atoms with Crippen LogP contribution in [0.5, 0.6) is 11.5 Å². The molecule has 0 amide bonds. The summed E-state index contributed by atoms with van der Waals surface area (Å²) in [5.41, 5.74) is 4.05. The van der Waals surface area contributed by atoms with Crippen molar-refractivity contribution in [2.45, 2.75) is 11.8 Å². The van der Waals surface area contributed by atoms with Gasteiger partial charge in [0.05, 0.1) is 19.9 Å². The molecular formula is C30H27N3O3. The Bertz CT molecular complexity index is 1410. The molecule has 3 aromatic carbocycles. The van der Waals surface area contributed by atoms with Gasteiger partial charge in [0.15, 0.2) is 5.82 Å². The molecule has 0 radical (unpaired) electrons. The summed E-state index contributed by atoms with van der Waals surface area (Å²) in [7, 11) is 3.32. The third-order valence-electron chi connectivity index (χ3n) is 6.59. The van der Waals surface area contributed by atoms with Gasteiger partial charge < -0.3 is 14.8 Å². The summed E-state index contributed by atoms with van der Waals surface area (Å²) in [5, 5.41) is 8.03. The van der Waals surface area contributed by atoms with Crippen molar-refractivity contribution in [3.05, 3.63) is 120 Å². The van der Waals surface area contributed by atoms with E-state index in [1.54, 1.807) is 14.2 Å². The number of rotatable bonds is 7. The zero-order valence-corrected chi connectivity index (χ0v) is 20.3. The van der Waals surface area contributed by atoms with Gasteiger partial charge in [0.1, 0.15) is 11.5 Å². The summed E-state index contributed by atoms with van der Waals surface area (Å²) in [6, 6.07) is 25.8. The van der Waals surface area contributed by atoms with Gasteiger partial charge in [-0.25, -0.2) is 0 Å². The Kier molecular flexibility index (Phi) is 6.17. The highest BCUT2D eigenvalue weighted by atomic mass is 16.5. The zero-order chi connectivity index (χ0) is 25.1. The van der Waals surface area contributed by atoms with Gasteiger partial charge in [0.25, 0.3) is 5.91 Å². The van der Waals surface area contributed by atoms with E-state index >= 15 is 0 Å². The quantitative estimate of drug-likeness (QED) is 0.330. The number of nitrogens with one attached hydrogen (secondary N) is 1. The molecule has 1 heterocycles. The van der Waals surface area contributed by atoms with E-state index in [9.17, 15) is 4.79 Å². The number of allylic oxidation sites excluding steroid dienone is 2. The molecule has 5 rings (SSSR count). The molecule has 1 aliphatic rings. The number of hydrogen-bond acceptors (Lipinski definition) is 5. The summed E-state index contributed by atoms with van der Waals surface area (Å²) in [4.78, 5) is 12.9. The molecule has 36 heavy (non-hydrogen) atoms. The maximum atomic E-state index is 12.9. The van der Waals surface area contributed by atoms with Crippen molar-refractivity contribution in [2.75, 3.05) is 19.5 Å². The van der Waals surface area contributed by atoms with Crippen LogP contribution in [0.25, 0.3) is 6.08 Å². The van der Waals surface area contributed by atoms with Crippen molar-refractivity contribution in [3.63, 3.8) is 0 Å². The highest BCUT2D eigenvalue weighted by molar-refractivity contribution is 5.91. The van der Waals surface area contributed by atoms with Crippen molar-refractivity contribution >= 4 is 23.5 Å². The van der Waals surface area contributed by atoms with Gasteiger partial charge in [-0.2, -0.15) is 4.68 Å². The number of anilines is 2. The van der Waals surface area contributed by atoms with Crippen LogP contribution in [-0.4, -0.2) is 29.9 Å². The van der Waals surface area contributed by atoms with E-state index in [-0.39, 0.29) is 5.91 Å². The lowest BCUT2D eigenvalue weighted by atomic mass is 9.68. The van der Waals surface area contributed by atoms with E-state index in [0.717, 1.165) is 39.6 Å². The molecule has 6 heteroatoms. The van der Waals surface area contributed by atoms with Crippen LogP contribution < -0.4 is 14.8 Å². The molecular weight excluding hydrogens is 450 g/mol. The SMILES string of the molecule is C=CC(=O)n1nc(Nc2ccccc2)c2c1CC(c1cccc(OC)c1)(c1cccc(OC)c1)C=C2.